The number of quaternary nitrogens is 1. The fourth-order valence-electron chi connectivity index (χ4n) is 3.90. The lowest BCUT2D eigenvalue weighted by Crippen LogP contribution is -3.08. The van der Waals surface area contributed by atoms with Crippen LogP contribution in [0.15, 0.2) is 36.1 Å². The average molecular weight is 366 g/mol. The molecule has 2 N–H and O–H groups in total. The van der Waals surface area contributed by atoms with Crippen LogP contribution in [0.1, 0.15) is 39.9 Å². The minimum absolute atomic E-state index is 0.129. The van der Waals surface area contributed by atoms with Gasteiger partial charge in [-0.1, -0.05) is 12.1 Å². The Morgan fingerprint density at radius 3 is 2.59 bits per heavy atom. The van der Waals surface area contributed by atoms with Gasteiger partial charge in [0.1, 0.15) is 18.0 Å². The molecule has 2 aromatic rings. The number of carbonyl (C=O) groups excluding carboxylic acids is 1. The number of phenolic OH excluding ortho intramolecular Hbond substituents is 1. The molecule has 140 valence electrons. The van der Waals surface area contributed by atoms with Crippen molar-refractivity contribution in [1.82, 2.24) is 0 Å². The number of likely N-dealkylation sites (tertiary alicyclic amines) is 1. The van der Waals surface area contributed by atoms with E-state index in [4.69, 9.17) is 9.47 Å². The molecule has 0 saturated carbocycles. The van der Waals surface area contributed by atoms with E-state index in [9.17, 15) is 9.90 Å². The summed E-state index contributed by atoms with van der Waals surface area (Å²) in [7, 11) is 1.62. The predicted octanol–water partition coefficient (Wildman–Crippen LogP) is 2.50. The van der Waals surface area contributed by atoms with E-state index < -0.39 is 0 Å². The van der Waals surface area contributed by atoms with Gasteiger partial charge >= 0.3 is 0 Å². The first-order valence-corrected chi connectivity index (χ1v) is 9.34. The molecule has 2 aliphatic rings. The second-order valence-corrected chi connectivity index (χ2v) is 7.24. The number of rotatable bonds is 4. The van der Waals surface area contributed by atoms with E-state index in [1.165, 1.54) is 17.7 Å². The summed E-state index contributed by atoms with van der Waals surface area (Å²) in [5.74, 6) is 1.66. The fourth-order valence-corrected chi connectivity index (χ4v) is 3.90. The Kier molecular flexibility index (Phi) is 4.62. The van der Waals surface area contributed by atoms with Crippen LogP contribution < -0.4 is 14.4 Å². The number of allylic oxidation sites excluding steroid dienone is 1. The molecule has 1 saturated heterocycles. The van der Waals surface area contributed by atoms with E-state index in [-0.39, 0.29) is 11.5 Å². The SMILES string of the molecule is COc1ccc(/C=C2\Oc3c(C[NH+]4CCCC4)c(O)cc(C)c3C2=O)cc1. The molecule has 0 amide bonds. The van der Waals surface area contributed by atoms with Gasteiger partial charge in [0, 0.05) is 12.8 Å². The first-order valence-electron chi connectivity index (χ1n) is 9.34. The van der Waals surface area contributed by atoms with E-state index in [0.717, 1.165) is 35.5 Å². The maximum absolute atomic E-state index is 12.9. The Labute approximate surface area is 158 Å². The van der Waals surface area contributed by atoms with Crippen LogP contribution in [0.3, 0.4) is 0 Å². The molecule has 4 rings (SSSR count). The van der Waals surface area contributed by atoms with Crippen molar-refractivity contribution < 1.29 is 24.3 Å². The van der Waals surface area contributed by atoms with Gasteiger partial charge in [0.05, 0.1) is 31.3 Å². The molecule has 0 aromatic heterocycles. The van der Waals surface area contributed by atoms with Crippen molar-refractivity contribution in [1.29, 1.82) is 0 Å². The molecule has 27 heavy (non-hydrogen) atoms. The number of aromatic hydroxyl groups is 1. The summed E-state index contributed by atoms with van der Waals surface area (Å²) in [6.07, 6.45) is 4.14. The Morgan fingerprint density at radius 2 is 1.93 bits per heavy atom. The number of methoxy groups -OCH3 is 1. The summed E-state index contributed by atoms with van der Waals surface area (Å²) in [5.41, 5.74) is 2.91. The monoisotopic (exact) mass is 366 g/mol. The normalized spacial score (nSPS) is 18.0. The van der Waals surface area contributed by atoms with E-state index >= 15 is 0 Å². The van der Waals surface area contributed by atoms with Crippen molar-refractivity contribution >= 4 is 11.9 Å². The molecule has 0 bridgehead atoms. The van der Waals surface area contributed by atoms with E-state index in [2.05, 4.69) is 0 Å². The number of fused-ring (bicyclic) bond motifs is 1. The van der Waals surface area contributed by atoms with Crippen LogP contribution in [-0.2, 0) is 6.54 Å². The second-order valence-electron chi connectivity index (χ2n) is 7.24. The summed E-state index contributed by atoms with van der Waals surface area (Å²) in [6, 6.07) is 9.13. The third-order valence-corrected chi connectivity index (χ3v) is 5.37. The molecule has 0 radical (unpaired) electrons. The molecule has 5 heteroatoms. The maximum atomic E-state index is 12.9. The summed E-state index contributed by atoms with van der Waals surface area (Å²) in [6.45, 7) is 4.69. The molecule has 1 fully saturated rings. The summed E-state index contributed by atoms with van der Waals surface area (Å²) in [4.78, 5) is 14.4. The topological polar surface area (TPSA) is 60.2 Å². The average Bonchev–Trinajstić information content (AvgIpc) is 3.28. The van der Waals surface area contributed by atoms with Gasteiger partial charge in [-0.05, 0) is 42.3 Å². The largest absolute Gasteiger partial charge is 0.507 e. The highest BCUT2D eigenvalue weighted by molar-refractivity contribution is 6.15. The zero-order valence-corrected chi connectivity index (χ0v) is 15.7. The van der Waals surface area contributed by atoms with E-state index in [1.54, 1.807) is 19.3 Å². The van der Waals surface area contributed by atoms with Gasteiger partial charge in [-0.15, -0.1) is 0 Å². The summed E-state index contributed by atoms with van der Waals surface area (Å²) >= 11 is 0. The maximum Gasteiger partial charge on any atom is 0.232 e. The standard InChI is InChI=1S/C22H23NO4/c1-14-11-18(24)17(13-23-9-3-4-10-23)22-20(14)21(25)19(27-22)12-15-5-7-16(26-2)8-6-15/h5-8,11-12,24H,3-4,9-10,13H2,1-2H3/p+1/b19-12-. The Morgan fingerprint density at radius 1 is 1.22 bits per heavy atom. The summed E-state index contributed by atoms with van der Waals surface area (Å²) < 4.78 is 11.2. The van der Waals surface area contributed by atoms with Crippen LogP contribution in [0.25, 0.3) is 6.08 Å². The van der Waals surface area contributed by atoms with E-state index in [0.29, 0.717) is 23.6 Å². The fraction of sp³-hybridized carbons (Fsp3) is 0.318. The molecule has 0 spiro atoms. The lowest BCUT2D eigenvalue weighted by Gasteiger charge is -2.16. The first-order chi connectivity index (χ1) is 13.1. The number of aryl methyl sites for hydroxylation is 1. The van der Waals surface area contributed by atoms with Gasteiger partial charge in [-0.3, -0.25) is 4.79 Å². The lowest BCUT2D eigenvalue weighted by atomic mass is 9.99. The minimum Gasteiger partial charge on any atom is -0.507 e. The highest BCUT2D eigenvalue weighted by Crippen LogP contribution is 2.41. The predicted molar refractivity (Wildman–Crippen MR) is 102 cm³/mol. The Hall–Kier alpha value is -2.79. The van der Waals surface area contributed by atoms with Gasteiger partial charge in [0.2, 0.25) is 5.78 Å². The molecule has 2 heterocycles. The number of Topliss-reactive ketones (excluding diaryl/α,β-unsaturated/α-hetero) is 1. The van der Waals surface area contributed by atoms with Crippen LogP contribution in [0.5, 0.6) is 17.2 Å². The molecule has 5 nitrogen and oxygen atoms in total. The van der Waals surface area contributed by atoms with Crippen LogP contribution >= 0.6 is 0 Å². The first kappa shape index (κ1) is 17.6. The highest BCUT2D eigenvalue weighted by atomic mass is 16.5. The van der Waals surface area contributed by atoms with Crippen LogP contribution in [0.4, 0.5) is 0 Å². The number of hydrogen-bond donors (Lipinski definition) is 2. The zero-order chi connectivity index (χ0) is 19.0. The highest BCUT2D eigenvalue weighted by Gasteiger charge is 2.34. The van der Waals surface area contributed by atoms with Gasteiger partial charge in [-0.2, -0.15) is 0 Å². The van der Waals surface area contributed by atoms with Crippen molar-refractivity contribution in [2.75, 3.05) is 20.2 Å². The third-order valence-electron chi connectivity index (χ3n) is 5.37. The van der Waals surface area contributed by atoms with Gasteiger partial charge < -0.3 is 19.5 Å². The van der Waals surface area contributed by atoms with Crippen molar-refractivity contribution in [2.45, 2.75) is 26.3 Å². The number of phenols is 1. The number of nitrogens with one attached hydrogen (secondary N) is 1. The zero-order valence-electron chi connectivity index (χ0n) is 15.7. The molecule has 2 aromatic carbocycles. The molecule has 0 unspecified atom stereocenters. The number of benzene rings is 2. The van der Waals surface area contributed by atoms with Crippen LogP contribution in [0.2, 0.25) is 0 Å². The quantitative estimate of drug-likeness (QED) is 0.817. The second kappa shape index (κ2) is 7.08. The van der Waals surface area contributed by atoms with Gasteiger partial charge in [0.15, 0.2) is 11.5 Å². The lowest BCUT2D eigenvalue weighted by molar-refractivity contribution is -0.901. The molecule has 0 aliphatic carbocycles. The number of ether oxygens (including phenoxy) is 2. The van der Waals surface area contributed by atoms with Crippen molar-refractivity contribution in [3.05, 3.63) is 58.3 Å². The minimum atomic E-state index is -0.129. The van der Waals surface area contributed by atoms with Crippen molar-refractivity contribution in [3.63, 3.8) is 0 Å². The van der Waals surface area contributed by atoms with Gasteiger partial charge in [0.25, 0.3) is 0 Å². The molecular weight excluding hydrogens is 342 g/mol. The number of hydrogen-bond acceptors (Lipinski definition) is 4. The molecule has 0 atom stereocenters. The van der Waals surface area contributed by atoms with Crippen molar-refractivity contribution in [3.8, 4) is 17.2 Å². The van der Waals surface area contributed by atoms with E-state index in [1.807, 2.05) is 31.2 Å². The Balaban J connectivity index is 1.69. The summed E-state index contributed by atoms with van der Waals surface area (Å²) in [5, 5.41) is 10.5. The molecular formula is C22H24NO4+. The Bertz CT molecular complexity index is 909. The van der Waals surface area contributed by atoms with Gasteiger partial charge in [-0.25, -0.2) is 0 Å². The number of ketones is 1. The number of carbonyl (C=O) groups is 1. The van der Waals surface area contributed by atoms with Crippen LogP contribution in [0, 0.1) is 6.92 Å². The van der Waals surface area contributed by atoms with Crippen molar-refractivity contribution in [2.24, 2.45) is 0 Å². The van der Waals surface area contributed by atoms with Crippen LogP contribution in [-0.4, -0.2) is 31.1 Å². The third kappa shape index (κ3) is 3.30. The molecule has 2 aliphatic heterocycles. The smallest absolute Gasteiger partial charge is 0.232 e.